The highest BCUT2D eigenvalue weighted by Crippen LogP contribution is 2.29. The molecule has 0 bridgehead atoms. The number of thioether (sulfide) groups is 1. The lowest BCUT2D eigenvalue weighted by molar-refractivity contribution is -0.115. The molecule has 110 valence electrons. The number of nitrogens with two attached hydrogens (primary N) is 1. The van der Waals surface area contributed by atoms with Gasteiger partial charge in [-0.1, -0.05) is 35.3 Å². The number of nitrogens with one attached hydrogen (secondary N) is 1. The summed E-state index contributed by atoms with van der Waals surface area (Å²) < 4.78 is 0. The van der Waals surface area contributed by atoms with Gasteiger partial charge in [0.1, 0.15) is 0 Å². The zero-order chi connectivity index (χ0) is 15.2. The number of halogens is 2. The van der Waals surface area contributed by atoms with Gasteiger partial charge in [0, 0.05) is 22.8 Å². The van der Waals surface area contributed by atoms with Crippen molar-refractivity contribution in [2.24, 2.45) is 0 Å². The van der Waals surface area contributed by atoms with Crippen molar-refractivity contribution in [1.29, 1.82) is 0 Å². The minimum absolute atomic E-state index is 0.0813. The molecule has 0 aliphatic carbocycles. The van der Waals surface area contributed by atoms with E-state index < -0.39 is 0 Å². The van der Waals surface area contributed by atoms with Gasteiger partial charge in [0.05, 0.1) is 15.7 Å². The van der Waals surface area contributed by atoms with Crippen LogP contribution in [0.3, 0.4) is 0 Å². The van der Waals surface area contributed by atoms with Crippen molar-refractivity contribution >= 4 is 52.2 Å². The molecule has 3 N–H and O–H groups in total. The molecule has 1 amide bonds. The summed E-state index contributed by atoms with van der Waals surface area (Å²) in [7, 11) is 0. The molecule has 2 aromatic carbocycles. The van der Waals surface area contributed by atoms with Gasteiger partial charge < -0.3 is 11.1 Å². The average Bonchev–Trinajstić information content (AvgIpc) is 2.44. The highest BCUT2D eigenvalue weighted by atomic mass is 35.5. The van der Waals surface area contributed by atoms with Gasteiger partial charge in [0.25, 0.3) is 0 Å². The predicted molar refractivity (Wildman–Crippen MR) is 91.3 cm³/mol. The largest absolute Gasteiger partial charge is 0.399 e. The Bertz CT molecular complexity index is 649. The second-order valence-corrected chi connectivity index (χ2v) is 6.27. The topological polar surface area (TPSA) is 55.1 Å². The quantitative estimate of drug-likeness (QED) is 0.612. The van der Waals surface area contributed by atoms with Gasteiger partial charge >= 0.3 is 0 Å². The van der Waals surface area contributed by atoms with Crippen molar-refractivity contribution in [1.82, 2.24) is 0 Å². The monoisotopic (exact) mass is 340 g/mol. The van der Waals surface area contributed by atoms with E-state index in [9.17, 15) is 4.79 Å². The van der Waals surface area contributed by atoms with Crippen LogP contribution in [-0.4, -0.2) is 11.7 Å². The van der Waals surface area contributed by atoms with E-state index in [1.54, 1.807) is 24.3 Å². The van der Waals surface area contributed by atoms with Crippen LogP contribution in [-0.2, 0) is 4.79 Å². The molecule has 2 aromatic rings. The number of carbonyl (C=O) groups is 1. The first-order valence-corrected chi connectivity index (χ1v) is 8.02. The Labute approximate surface area is 137 Å². The lowest BCUT2D eigenvalue weighted by Gasteiger charge is -2.07. The molecule has 0 aliphatic heterocycles. The van der Waals surface area contributed by atoms with E-state index in [1.807, 2.05) is 18.2 Å². The molecule has 0 fully saturated rings. The van der Waals surface area contributed by atoms with Crippen LogP contribution in [0.4, 0.5) is 11.4 Å². The van der Waals surface area contributed by atoms with E-state index in [0.29, 0.717) is 33.6 Å². The molecule has 0 aromatic heterocycles. The fraction of sp³-hybridized carbons (Fsp3) is 0.133. The van der Waals surface area contributed by atoms with Crippen molar-refractivity contribution in [2.75, 3.05) is 16.8 Å². The van der Waals surface area contributed by atoms with Gasteiger partial charge in [0.15, 0.2) is 0 Å². The van der Waals surface area contributed by atoms with Crippen LogP contribution in [0.1, 0.15) is 6.42 Å². The Hall–Kier alpha value is -1.36. The van der Waals surface area contributed by atoms with E-state index in [0.717, 1.165) is 4.90 Å². The van der Waals surface area contributed by atoms with E-state index >= 15 is 0 Å². The summed E-state index contributed by atoms with van der Waals surface area (Å²) in [6, 6.07) is 12.5. The third-order valence-corrected chi connectivity index (χ3v) is 4.52. The van der Waals surface area contributed by atoms with Gasteiger partial charge in [-0.15, -0.1) is 11.8 Å². The summed E-state index contributed by atoms with van der Waals surface area (Å²) in [6.45, 7) is 0. The molecule has 21 heavy (non-hydrogen) atoms. The zero-order valence-corrected chi connectivity index (χ0v) is 13.4. The first-order chi connectivity index (χ1) is 10.1. The minimum atomic E-state index is -0.0813. The summed E-state index contributed by atoms with van der Waals surface area (Å²) in [5.41, 5.74) is 6.88. The number of benzene rings is 2. The minimum Gasteiger partial charge on any atom is -0.399 e. The van der Waals surface area contributed by atoms with Gasteiger partial charge in [-0.2, -0.15) is 0 Å². The molecular formula is C15H14Cl2N2OS. The number of anilines is 2. The lowest BCUT2D eigenvalue weighted by Crippen LogP contribution is -2.12. The maximum Gasteiger partial charge on any atom is 0.225 e. The smallest absolute Gasteiger partial charge is 0.225 e. The SMILES string of the molecule is Nc1ccc(SCCC(=O)Nc2ccccc2Cl)c(Cl)c1. The molecule has 0 saturated carbocycles. The summed E-state index contributed by atoms with van der Waals surface area (Å²) in [5.74, 6) is 0.544. The second-order valence-electron chi connectivity index (χ2n) is 4.32. The van der Waals surface area contributed by atoms with E-state index in [2.05, 4.69) is 5.32 Å². The van der Waals surface area contributed by atoms with Crippen molar-refractivity contribution in [3.05, 3.63) is 52.5 Å². The van der Waals surface area contributed by atoms with Crippen molar-refractivity contribution < 1.29 is 4.79 Å². The van der Waals surface area contributed by atoms with E-state index in [-0.39, 0.29) is 5.91 Å². The van der Waals surface area contributed by atoms with Crippen LogP contribution in [0.15, 0.2) is 47.4 Å². The van der Waals surface area contributed by atoms with Crippen molar-refractivity contribution in [3.8, 4) is 0 Å². The molecule has 0 heterocycles. The number of rotatable bonds is 5. The Morgan fingerprint density at radius 1 is 1.14 bits per heavy atom. The van der Waals surface area contributed by atoms with Crippen LogP contribution in [0.25, 0.3) is 0 Å². The third kappa shape index (κ3) is 4.84. The predicted octanol–water partition coefficient (Wildman–Crippen LogP) is 4.70. The average molecular weight is 341 g/mol. The fourth-order valence-corrected chi connectivity index (χ4v) is 3.07. The van der Waals surface area contributed by atoms with Gasteiger partial charge in [-0.05, 0) is 30.3 Å². The third-order valence-electron chi connectivity index (χ3n) is 2.69. The first kappa shape index (κ1) is 16.0. The molecule has 0 radical (unpaired) electrons. The molecule has 0 saturated heterocycles. The van der Waals surface area contributed by atoms with Crippen LogP contribution >= 0.6 is 35.0 Å². The number of para-hydroxylation sites is 1. The lowest BCUT2D eigenvalue weighted by atomic mass is 10.3. The molecule has 0 aliphatic rings. The molecule has 0 unspecified atom stereocenters. The molecule has 3 nitrogen and oxygen atoms in total. The molecule has 6 heteroatoms. The van der Waals surface area contributed by atoms with Crippen molar-refractivity contribution in [3.63, 3.8) is 0 Å². The highest BCUT2D eigenvalue weighted by molar-refractivity contribution is 7.99. The second kappa shape index (κ2) is 7.59. The number of amides is 1. The standard InChI is InChI=1S/C15H14Cl2N2OS/c16-11-3-1-2-4-13(11)19-15(20)7-8-21-14-6-5-10(18)9-12(14)17/h1-6,9H,7-8,18H2,(H,19,20). The maximum absolute atomic E-state index is 11.9. The number of hydrogen-bond donors (Lipinski definition) is 2. The number of nitrogen functional groups attached to an aromatic ring is 1. The van der Waals surface area contributed by atoms with Crippen molar-refractivity contribution in [2.45, 2.75) is 11.3 Å². The first-order valence-electron chi connectivity index (χ1n) is 6.28. The summed E-state index contributed by atoms with van der Waals surface area (Å²) in [5, 5.41) is 3.91. The summed E-state index contributed by atoms with van der Waals surface area (Å²) in [4.78, 5) is 12.8. The van der Waals surface area contributed by atoms with Crippen LogP contribution in [0.5, 0.6) is 0 Å². The molecular weight excluding hydrogens is 327 g/mol. The Kier molecular flexibility index (Phi) is 5.79. The molecule has 0 atom stereocenters. The number of hydrogen-bond acceptors (Lipinski definition) is 3. The Morgan fingerprint density at radius 3 is 2.62 bits per heavy atom. The maximum atomic E-state index is 11.9. The summed E-state index contributed by atoms with van der Waals surface area (Å²) in [6.07, 6.45) is 0.372. The van der Waals surface area contributed by atoms with Crippen LogP contribution < -0.4 is 11.1 Å². The normalized spacial score (nSPS) is 10.4. The Morgan fingerprint density at radius 2 is 1.90 bits per heavy atom. The molecule has 0 spiro atoms. The number of carbonyl (C=O) groups excluding carboxylic acids is 1. The molecule has 2 rings (SSSR count). The Balaban J connectivity index is 1.83. The summed E-state index contributed by atoms with van der Waals surface area (Å²) >= 11 is 13.6. The fourth-order valence-electron chi connectivity index (χ4n) is 1.66. The van der Waals surface area contributed by atoms with E-state index in [4.69, 9.17) is 28.9 Å². The van der Waals surface area contributed by atoms with Crippen LogP contribution in [0.2, 0.25) is 10.0 Å². The highest BCUT2D eigenvalue weighted by Gasteiger charge is 2.07. The van der Waals surface area contributed by atoms with E-state index in [1.165, 1.54) is 11.8 Å². The van der Waals surface area contributed by atoms with Gasteiger partial charge in [-0.25, -0.2) is 0 Å². The van der Waals surface area contributed by atoms with Gasteiger partial charge in [0.2, 0.25) is 5.91 Å². The van der Waals surface area contributed by atoms with Crippen LogP contribution in [0, 0.1) is 0 Å². The zero-order valence-electron chi connectivity index (χ0n) is 11.1. The van der Waals surface area contributed by atoms with Gasteiger partial charge in [-0.3, -0.25) is 4.79 Å².